The third-order valence-corrected chi connectivity index (χ3v) is 5.66. The zero-order chi connectivity index (χ0) is 15.3. The first-order valence-corrected chi connectivity index (χ1v) is 8.48. The van der Waals surface area contributed by atoms with Gasteiger partial charge in [-0.1, -0.05) is 28.1 Å². The maximum atomic E-state index is 12.7. The molecular formula is C16H11BrN2O2S. The summed E-state index contributed by atoms with van der Waals surface area (Å²) in [6.45, 7) is 0. The van der Waals surface area contributed by atoms with Gasteiger partial charge in [-0.05, 0) is 36.4 Å². The molecule has 2 aromatic rings. The average Bonchev–Trinajstić information content (AvgIpc) is 2.78. The number of hydrogen-bond donors (Lipinski definition) is 1. The Labute approximate surface area is 140 Å². The maximum Gasteiger partial charge on any atom is 0.258 e. The van der Waals surface area contributed by atoms with Gasteiger partial charge in [-0.15, -0.1) is 11.8 Å². The summed E-state index contributed by atoms with van der Waals surface area (Å²) in [4.78, 5) is 27.6. The molecule has 2 aromatic carbocycles. The molecule has 2 aliphatic heterocycles. The van der Waals surface area contributed by atoms with Crippen LogP contribution in [-0.4, -0.2) is 23.1 Å². The van der Waals surface area contributed by atoms with Crippen molar-refractivity contribution in [3.8, 4) is 0 Å². The van der Waals surface area contributed by atoms with Crippen LogP contribution >= 0.6 is 27.7 Å². The Bertz CT molecular complexity index is 735. The van der Waals surface area contributed by atoms with Crippen molar-refractivity contribution in [1.29, 1.82) is 0 Å². The average molecular weight is 375 g/mol. The number of halogens is 1. The van der Waals surface area contributed by atoms with Crippen LogP contribution in [0.5, 0.6) is 0 Å². The lowest BCUT2D eigenvalue weighted by molar-refractivity contribution is -0.121. The largest absolute Gasteiger partial charge is 0.371 e. The second-order valence-electron chi connectivity index (χ2n) is 5.14. The molecule has 2 atom stereocenters. The molecule has 4 nitrogen and oxygen atoms in total. The number of nitrogens with zero attached hydrogens (tertiary/aromatic N) is 1. The molecule has 0 saturated carbocycles. The fourth-order valence-electron chi connectivity index (χ4n) is 2.74. The minimum absolute atomic E-state index is 0.163. The number of rotatable bonds is 1. The van der Waals surface area contributed by atoms with Crippen LogP contribution in [0.3, 0.4) is 0 Å². The number of anilines is 2. The number of amides is 2. The SMILES string of the molecule is O=C1[C@@H]2Nc3ccccc3S[C@H]2C(=O)N1c1ccc(Br)cc1. The topological polar surface area (TPSA) is 49.4 Å². The fourth-order valence-corrected chi connectivity index (χ4v) is 4.22. The molecule has 2 amide bonds. The summed E-state index contributed by atoms with van der Waals surface area (Å²) in [7, 11) is 0. The maximum absolute atomic E-state index is 12.7. The number of nitrogens with one attached hydrogen (secondary N) is 1. The van der Waals surface area contributed by atoms with E-state index in [-0.39, 0.29) is 11.8 Å². The lowest BCUT2D eigenvalue weighted by Crippen LogP contribution is -2.37. The van der Waals surface area contributed by atoms with E-state index in [2.05, 4.69) is 21.2 Å². The molecule has 0 radical (unpaired) electrons. The van der Waals surface area contributed by atoms with Crippen molar-refractivity contribution >= 4 is 50.9 Å². The summed E-state index contributed by atoms with van der Waals surface area (Å²) in [6, 6.07) is 14.4. The van der Waals surface area contributed by atoms with E-state index >= 15 is 0 Å². The normalized spacial score (nSPS) is 23.0. The van der Waals surface area contributed by atoms with Crippen LogP contribution in [0.25, 0.3) is 0 Å². The van der Waals surface area contributed by atoms with E-state index < -0.39 is 11.3 Å². The molecule has 110 valence electrons. The van der Waals surface area contributed by atoms with Crippen molar-refractivity contribution in [2.45, 2.75) is 16.2 Å². The highest BCUT2D eigenvalue weighted by Crippen LogP contribution is 2.42. The highest BCUT2D eigenvalue weighted by Gasteiger charge is 2.51. The van der Waals surface area contributed by atoms with E-state index in [9.17, 15) is 9.59 Å². The summed E-state index contributed by atoms with van der Waals surface area (Å²) in [5.74, 6) is -0.358. The lowest BCUT2D eigenvalue weighted by atomic mass is 10.2. The van der Waals surface area contributed by atoms with Crippen LogP contribution < -0.4 is 10.2 Å². The van der Waals surface area contributed by atoms with Crippen LogP contribution in [0.15, 0.2) is 57.9 Å². The monoisotopic (exact) mass is 374 g/mol. The molecule has 0 spiro atoms. The van der Waals surface area contributed by atoms with Gasteiger partial charge in [0, 0.05) is 15.1 Å². The zero-order valence-corrected chi connectivity index (χ0v) is 13.7. The summed E-state index contributed by atoms with van der Waals surface area (Å²) >= 11 is 4.82. The van der Waals surface area contributed by atoms with Gasteiger partial charge in [0.25, 0.3) is 5.91 Å². The summed E-state index contributed by atoms with van der Waals surface area (Å²) < 4.78 is 0.910. The van der Waals surface area contributed by atoms with Crippen molar-refractivity contribution in [1.82, 2.24) is 0 Å². The van der Waals surface area contributed by atoms with E-state index in [1.54, 1.807) is 12.1 Å². The van der Waals surface area contributed by atoms with E-state index in [0.29, 0.717) is 5.69 Å². The molecule has 1 fully saturated rings. The lowest BCUT2D eigenvalue weighted by Gasteiger charge is -2.25. The van der Waals surface area contributed by atoms with E-state index in [1.165, 1.54) is 16.7 Å². The molecule has 0 aliphatic carbocycles. The van der Waals surface area contributed by atoms with Gasteiger partial charge >= 0.3 is 0 Å². The first kappa shape index (κ1) is 13.8. The van der Waals surface area contributed by atoms with Gasteiger partial charge in [0.05, 0.1) is 5.69 Å². The second kappa shape index (κ2) is 5.14. The third kappa shape index (κ3) is 2.06. The van der Waals surface area contributed by atoms with Gasteiger partial charge in [0.2, 0.25) is 5.91 Å². The zero-order valence-electron chi connectivity index (χ0n) is 11.3. The minimum atomic E-state index is -0.504. The Morgan fingerprint density at radius 1 is 1.00 bits per heavy atom. The van der Waals surface area contributed by atoms with E-state index in [1.807, 2.05) is 36.4 Å². The van der Waals surface area contributed by atoms with Gasteiger partial charge < -0.3 is 5.32 Å². The fraction of sp³-hybridized carbons (Fsp3) is 0.125. The Kier molecular flexibility index (Phi) is 3.23. The highest BCUT2D eigenvalue weighted by molar-refractivity contribution is 9.10. The first-order chi connectivity index (χ1) is 10.6. The number of carbonyl (C=O) groups is 2. The summed E-state index contributed by atoms with van der Waals surface area (Å²) in [6.07, 6.45) is 0. The number of thioether (sulfide) groups is 1. The number of imide groups is 1. The Morgan fingerprint density at radius 3 is 2.50 bits per heavy atom. The molecular weight excluding hydrogens is 364 g/mol. The molecule has 0 aromatic heterocycles. The van der Waals surface area contributed by atoms with Crippen molar-refractivity contribution < 1.29 is 9.59 Å². The van der Waals surface area contributed by atoms with Gasteiger partial charge in [0.1, 0.15) is 11.3 Å². The van der Waals surface area contributed by atoms with E-state index in [4.69, 9.17) is 0 Å². The molecule has 6 heteroatoms. The smallest absolute Gasteiger partial charge is 0.258 e. The van der Waals surface area contributed by atoms with Crippen LogP contribution in [-0.2, 0) is 9.59 Å². The molecule has 2 heterocycles. The standard InChI is InChI=1S/C16H11BrN2O2S/c17-9-5-7-10(8-6-9)19-15(20)13-14(16(19)21)22-12-4-2-1-3-11(12)18-13/h1-8,13-14,18H/t13-,14-/m1/s1. The highest BCUT2D eigenvalue weighted by atomic mass is 79.9. The third-order valence-electron chi connectivity index (χ3n) is 3.79. The van der Waals surface area contributed by atoms with Crippen LogP contribution in [0.2, 0.25) is 0 Å². The van der Waals surface area contributed by atoms with Crippen molar-refractivity contribution in [3.63, 3.8) is 0 Å². The molecule has 0 bridgehead atoms. The molecule has 1 N–H and O–H groups in total. The van der Waals surface area contributed by atoms with Crippen molar-refractivity contribution in [2.75, 3.05) is 10.2 Å². The Hall–Kier alpha value is -1.79. The molecule has 2 aliphatic rings. The molecule has 1 saturated heterocycles. The number of carbonyl (C=O) groups excluding carboxylic acids is 2. The van der Waals surface area contributed by atoms with Gasteiger partial charge in [-0.3, -0.25) is 9.59 Å². The van der Waals surface area contributed by atoms with Crippen molar-refractivity contribution in [3.05, 3.63) is 53.0 Å². The number of para-hydroxylation sites is 1. The van der Waals surface area contributed by atoms with Crippen LogP contribution in [0, 0.1) is 0 Å². The molecule has 0 unspecified atom stereocenters. The van der Waals surface area contributed by atoms with Crippen LogP contribution in [0.4, 0.5) is 11.4 Å². The second-order valence-corrected chi connectivity index (χ2v) is 7.24. The molecule has 4 rings (SSSR count). The minimum Gasteiger partial charge on any atom is -0.371 e. The van der Waals surface area contributed by atoms with Gasteiger partial charge in [0.15, 0.2) is 0 Å². The Morgan fingerprint density at radius 2 is 1.73 bits per heavy atom. The number of fused-ring (bicyclic) bond motifs is 2. The van der Waals surface area contributed by atoms with Crippen LogP contribution in [0.1, 0.15) is 0 Å². The van der Waals surface area contributed by atoms with Gasteiger partial charge in [-0.2, -0.15) is 0 Å². The predicted molar refractivity (Wildman–Crippen MR) is 90.1 cm³/mol. The Balaban J connectivity index is 1.71. The summed E-state index contributed by atoms with van der Waals surface area (Å²) in [5.41, 5.74) is 1.52. The summed E-state index contributed by atoms with van der Waals surface area (Å²) in [5, 5.41) is 2.80. The van der Waals surface area contributed by atoms with Gasteiger partial charge in [-0.25, -0.2) is 4.90 Å². The number of benzene rings is 2. The first-order valence-electron chi connectivity index (χ1n) is 6.81. The number of hydrogen-bond acceptors (Lipinski definition) is 4. The van der Waals surface area contributed by atoms with Crippen molar-refractivity contribution in [2.24, 2.45) is 0 Å². The predicted octanol–water partition coefficient (Wildman–Crippen LogP) is 3.28. The van der Waals surface area contributed by atoms with E-state index in [0.717, 1.165) is 15.1 Å². The molecule has 22 heavy (non-hydrogen) atoms. The quantitative estimate of drug-likeness (QED) is 0.778.